The van der Waals surface area contributed by atoms with E-state index in [1.54, 1.807) is 4.57 Å². The lowest BCUT2D eigenvalue weighted by atomic mass is 10.2. The van der Waals surface area contributed by atoms with E-state index >= 15 is 0 Å². The number of anilines is 2. The Kier molecular flexibility index (Phi) is 4.19. The zero-order chi connectivity index (χ0) is 17.2. The number of aromatic hydroxyl groups is 1. The molecule has 25 heavy (non-hydrogen) atoms. The van der Waals surface area contributed by atoms with E-state index in [-0.39, 0.29) is 17.1 Å². The fourth-order valence-corrected chi connectivity index (χ4v) is 3.90. The molecule has 3 aromatic rings. The van der Waals surface area contributed by atoms with Crippen LogP contribution in [0.1, 0.15) is 5.56 Å². The Morgan fingerprint density at radius 1 is 1.08 bits per heavy atom. The molecule has 2 heterocycles. The average molecular weight is 351 g/mol. The standard InChI is InChI=1S/C19H17N3O2S/c23-17-16(18(24)21-11-12-25-19(21)20-17)22(15-9-5-2-6-10-15)13-14-7-3-1-4-8-14/h1-10,23H,11-13H2. The lowest BCUT2D eigenvalue weighted by molar-refractivity contribution is 0.437. The monoisotopic (exact) mass is 351 g/mol. The van der Waals surface area contributed by atoms with Crippen molar-refractivity contribution in [3.8, 4) is 5.88 Å². The number of para-hydroxylation sites is 1. The van der Waals surface area contributed by atoms with Crippen LogP contribution in [0.4, 0.5) is 11.4 Å². The minimum absolute atomic E-state index is 0.202. The summed E-state index contributed by atoms with van der Waals surface area (Å²) in [5.41, 5.74) is 1.91. The summed E-state index contributed by atoms with van der Waals surface area (Å²) in [5.74, 6) is 0.584. The molecule has 0 saturated heterocycles. The molecule has 0 amide bonds. The molecule has 1 aromatic heterocycles. The molecule has 126 valence electrons. The first kappa shape index (κ1) is 15.8. The molecule has 0 radical (unpaired) electrons. The topological polar surface area (TPSA) is 58.4 Å². The van der Waals surface area contributed by atoms with Crippen LogP contribution in [0.2, 0.25) is 0 Å². The van der Waals surface area contributed by atoms with Gasteiger partial charge in [0.1, 0.15) is 0 Å². The first-order valence-corrected chi connectivity index (χ1v) is 9.06. The highest BCUT2D eigenvalue weighted by Crippen LogP contribution is 2.33. The van der Waals surface area contributed by atoms with Gasteiger partial charge in [0.15, 0.2) is 10.8 Å². The number of rotatable bonds is 4. The maximum atomic E-state index is 13.0. The van der Waals surface area contributed by atoms with E-state index in [2.05, 4.69) is 4.98 Å². The van der Waals surface area contributed by atoms with Crippen molar-refractivity contribution in [2.24, 2.45) is 0 Å². The summed E-state index contributed by atoms with van der Waals surface area (Å²) in [6.45, 7) is 1.09. The van der Waals surface area contributed by atoms with E-state index in [1.165, 1.54) is 11.8 Å². The van der Waals surface area contributed by atoms with Crippen LogP contribution in [0.25, 0.3) is 0 Å². The molecule has 1 aliphatic heterocycles. The highest BCUT2D eigenvalue weighted by molar-refractivity contribution is 7.99. The quantitative estimate of drug-likeness (QED) is 0.730. The molecule has 0 atom stereocenters. The molecule has 0 fully saturated rings. The number of nitrogens with zero attached hydrogens (tertiary/aromatic N) is 3. The molecule has 1 aliphatic rings. The van der Waals surface area contributed by atoms with Crippen molar-refractivity contribution in [2.45, 2.75) is 18.2 Å². The Labute approximate surface area is 149 Å². The Balaban J connectivity index is 1.86. The van der Waals surface area contributed by atoms with Crippen molar-refractivity contribution in [3.05, 3.63) is 76.6 Å². The van der Waals surface area contributed by atoms with Gasteiger partial charge in [-0.15, -0.1) is 0 Å². The minimum atomic E-state index is -0.217. The largest absolute Gasteiger partial charge is 0.492 e. The van der Waals surface area contributed by atoms with Crippen LogP contribution in [-0.2, 0) is 13.1 Å². The Bertz CT molecular complexity index is 942. The normalized spacial score (nSPS) is 12.8. The van der Waals surface area contributed by atoms with Crippen LogP contribution in [0.5, 0.6) is 5.88 Å². The molecular weight excluding hydrogens is 334 g/mol. The summed E-state index contributed by atoms with van der Waals surface area (Å²) < 4.78 is 1.64. The highest BCUT2D eigenvalue weighted by atomic mass is 32.2. The molecule has 5 nitrogen and oxygen atoms in total. The van der Waals surface area contributed by atoms with Gasteiger partial charge >= 0.3 is 0 Å². The van der Waals surface area contributed by atoms with Gasteiger partial charge in [0.2, 0.25) is 5.88 Å². The SMILES string of the molecule is O=c1c(N(Cc2ccccc2)c2ccccc2)c(O)nc2n1CCS2. The lowest BCUT2D eigenvalue weighted by Crippen LogP contribution is -2.29. The maximum Gasteiger partial charge on any atom is 0.282 e. The van der Waals surface area contributed by atoms with Crippen LogP contribution < -0.4 is 10.5 Å². The number of aromatic nitrogens is 2. The number of hydrogen-bond donors (Lipinski definition) is 1. The summed E-state index contributed by atoms with van der Waals surface area (Å²) in [5, 5.41) is 11.1. The third-order valence-electron chi connectivity index (χ3n) is 4.16. The Morgan fingerprint density at radius 3 is 2.48 bits per heavy atom. The molecular formula is C19H17N3O2S. The zero-order valence-corrected chi connectivity index (χ0v) is 14.3. The lowest BCUT2D eigenvalue weighted by Gasteiger charge is -2.25. The van der Waals surface area contributed by atoms with E-state index < -0.39 is 0 Å². The summed E-state index contributed by atoms with van der Waals surface area (Å²) in [7, 11) is 0. The summed E-state index contributed by atoms with van der Waals surface area (Å²) >= 11 is 1.49. The van der Waals surface area contributed by atoms with Gasteiger partial charge in [-0.05, 0) is 17.7 Å². The number of hydrogen-bond acceptors (Lipinski definition) is 5. The summed E-state index contributed by atoms with van der Waals surface area (Å²) in [4.78, 5) is 19.1. The molecule has 0 spiro atoms. The molecule has 0 bridgehead atoms. The number of thioether (sulfide) groups is 1. The van der Waals surface area contributed by atoms with Gasteiger partial charge < -0.3 is 10.0 Å². The average Bonchev–Trinajstić information content (AvgIpc) is 3.11. The van der Waals surface area contributed by atoms with Crippen LogP contribution in [0, 0.1) is 0 Å². The summed E-state index contributed by atoms with van der Waals surface area (Å²) in [6, 6.07) is 19.5. The van der Waals surface area contributed by atoms with Crippen LogP contribution in [0.3, 0.4) is 0 Å². The highest BCUT2D eigenvalue weighted by Gasteiger charge is 2.25. The molecule has 2 aromatic carbocycles. The molecule has 4 rings (SSSR count). The van der Waals surface area contributed by atoms with Gasteiger partial charge in [0, 0.05) is 24.5 Å². The van der Waals surface area contributed by atoms with Gasteiger partial charge in [0.05, 0.1) is 0 Å². The Morgan fingerprint density at radius 2 is 1.76 bits per heavy atom. The second-order valence-corrected chi connectivity index (χ2v) is 6.84. The fourth-order valence-electron chi connectivity index (χ4n) is 2.96. The van der Waals surface area contributed by atoms with E-state index in [1.807, 2.05) is 65.6 Å². The van der Waals surface area contributed by atoms with E-state index in [9.17, 15) is 9.90 Å². The third kappa shape index (κ3) is 3.00. The number of benzene rings is 2. The predicted molar refractivity (Wildman–Crippen MR) is 99.6 cm³/mol. The molecule has 0 unspecified atom stereocenters. The second kappa shape index (κ2) is 6.64. The molecule has 0 aliphatic carbocycles. The number of fused-ring (bicyclic) bond motifs is 1. The van der Waals surface area contributed by atoms with Crippen molar-refractivity contribution < 1.29 is 5.11 Å². The first-order chi connectivity index (χ1) is 12.2. The van der Waals surface area contributed by atoms with Crippen molar-refractivity contribution in [1.82, 2.24) is 9.55 Å². The van der Waals surface area contributed by atoms with Gasteiger partial charge in [-0.2, -0.15) is 4.98 Å². The van der Waals surface area contributed by atoms with Crippen molar-refractivity contribution in [1.29, 1.82) is 0 Å². The van der Waals surface area contributed by atoms with E-state index in [0.29, 0.717) is 18.2 Å². The van der Waals surface area contributed by atoms with Crippen LogP contribution >= 0.6 is 11.8 Å². The summed E-state index contributed by atoms with van der Waals surface area (Å²) in [6.07, 6.45) is 0. The molecule has 1 N–H and O–H groups in total. The van der Waals surface area contributed by atoms with Crippen LogP contribution in [-0.4, -0.2) is 20.4 Å². The minimum Gasteiger partial charge on any atom is -0.492 e. The van der Waals surface area contributed by atoms with Gasteiger partial charge in [0.25, 0.3) is 5.56 Å². The van der Waals surface area contributed by atoms with Gasteiger partial charge in [-0.1, -0.05) is 60.3 Å². The molecule has 0 saturated carbocycles. The van der Waals surface area contributed by atoms with Crippen LogP contribution in [0.15, 0.2) is 70.6 Å². The predicted octanol–water partition coefficient (Wildman–Crippen LogP) is 3.39. The van der Waals surface area contributed by atoms with Crippen molar-refractivity contribution >= 4 is 23.1 Å². The van der Waals surface area contributed by atoms with Gasteiger partial charge in [-0.25, -0.2) is 0 Å². The van der Waals surface area contributed by atoms with Gasteiger partial charge in [-0.3, -0.25) is 9.36 Å². The third-order valence-corrected chi connectivity index (χ3v) is 5.12. The fraction of sp³-hybridized carbons (Fsp3) is 0.158. The first-order valence-electron chi connectivity index (χ1n) is 8.07. The molecule has 6 heteroatoms. The smallest absolute Gasteiger partial charge is 0.282 e. The van der Waals surface area contributed by atoms with E-state index in [4.69, 9.17) is 0 Å². The maximum absolute atomic E-state index is 13.0. The second-order valence-electron chi connectivity index (χ2n) is 5.78. The Hall–Kier alpha value is -2.73. The van der Waals surface area contributed by atoms with E-state index in [0.717, 1.165) is 17.0 Å². The van der Waals surface area contributed by atoms with Crippen molar-refractivity contribution in [3.63, 3.8) is 0 Å². The zero-order valence-electron chi connectivity index (χ0n) is 13.5. The van der Waals surface area contributed by atoms with Crippen molar-refractivity contribution in [2.75, 3.05) is 10.7 Å².